The van der Waals surface area contributed by atoms with Gasteiger partial charge in [0.25, 0.3) is 0 Å². The number of cyclic esters (lactones) is 1. The number of nitrogens with one attached hydrogen (secondary N) is 1. The van der Waals surface area contributed by atoms with E-state index in [9.17, 15) is 9.59 Å². The molecule has 1 fully saturated rings. The molecule has 3 unspecified atom stereocenters. The molecule has 0 bridgehead atoms. The maximum atomic E-state index is 12.2. The lowest BCUT2D eigenvalue weighted by Gasteiger charge is -2.36. The topological polar surface area (TPSA) is 55.4 Å². The molecule has 0 radical (unpaired) electrons. The summed E-state index contributed by atoms with van der Waals surface area (Å²) in [7, 11) is 0. The normalized spacial score (nSPS) is 34.3. The number of amides is 1. The lowest BCUT2D eigenvalue weighted by Crippen LogP contribution is -2.45. The zero-order valence-corrected chi connectivity index (χ0v) is 12.6. The molecule has 3 atom stereocenters. The van der Waals surface area contributed by atoms with Gasteiger partial charge in [-0.15, -0.1) is 11.6 Å². The fourth-order valence-electron chi connectivity index (χ4n) is 3.23. The van der Waals surface area contributed by atoms with Crippen LogP contribution < -0.4 is 5.32 Å². The van der Waals surface area contributed by atoms with Crippen LogP contribution in [0, 0.1) is 11.8 Å². The van der Waals surface area contributed by atoms with Crippen molar-refractivity contribution in [3.05, 3.63) is 12.2 Å². The molecule has 1 amide bonds. The molecule has 1 saturated heterocycles. The molecule has 1 aliphatic carbocycles. The van der Waals surface area contributed by atoms with E-state index < -0.39 is 5.60 Å². The number of halogens is 1. The standard InChI is InChI=1S/C15H22ClNO3/c1-15(9-11-5-3-2-4-6-11)12(7-8-16)14(19)17-10-13(18)20-15/h3,5,11-12H,2,4,6-10H2,1H3,(H,17,19). The summed E-state index contributed by atoms with van der Waals surface area (Å²) in [4.78, 5) is 23.9. The van der Waals surface area contributed by atoms with Crippen LogP contribution >= 0.6 is 11.6 Å². The highest BCUT2D eigenvalue weighted by atomic mass is 35.5. The maximum absolute atomic E-state index is 12.2. The number of ether oxygens (including phenoxy) is 1. The summed E-state index contributed by atoms with van der Waals surface area (Å²) in [6.45, 7) is 1.82. The minimum Gasteiger partial charge on any atom is -0.457 e. The molecular formula is C15H22ClNO3. The second-order valence-electron chi connectivity index (χ2n) is 5.86. The summed E-state index contributed by atoms with van der Waals surface area (Å²) < 4.78 is 5.62. The lowest BCUT2D eigenvalue weighted by atomic mass is 9.77. The van der Waals surface area contributed by atoms with E-state index in [1.807, 2.05) is 6.92 Å². The van der Waals surface area contributed by atoms with Gasteiger partial charge >= 0.3 is 5.97 Å². The third-order valence-electron chi connectivity index (χ3n) is 4.23. The van der Waals surface area contributed by atoms with Gasteiger partial charge in [-0.3, -0.25) is 9.59 Å². The highest BCUT2D eigenvalue weighted by Gasteiger charge is 2.45. The number of carbonyl (C=O) groups is 2. The SMILES string of the molecule is CC1(CC2C=CCCC2)OC(=O)CNC(=O)C1CCCl. The summed E-state index contributed by atoms with van der Waals surface area (Å²) in [5, 5.41) is 2.63. The Bertz CT molecular complexity index is 410. The van der Waals surface area contributed by atoms with E-state index >= 15 is 0 Å². The van der Waals surface area contributed by atoms with Crippen LogP contribution in [0.15, 0.2) is 12.2 Å². The van der Waals surface area contributed by atoms with Crippen LogP contribution in [0.4, 0.5) is 0 Å². The molecule has 0 saturated carbocycles. The van der Waals surface area contributed by atoms with Crippen molar-refractivity contribution in [1.82, 2.24) is 5.32 Å². The summed E-state index contributed by atoms with van der Waals surface area (Å²) in [6.07, 6.45) is 8.91. The molecule has 0 aromatic rings. The Balaban J connectivity index is 2.19. The van der Waals surface area contributed by atoms with Crippen molar-refractivity contribution in [3.8, 4) is 0 Å². The van der Waals surface area contributed by atoms with Gasteiger partial charge in [0.15, 0.2) is 0 Å². The Kier molecular flexibility index (Phi) is 5.08. The van der Waals surface area contributed by atoms with E-state index in [1.54, 1.807) is 0 Å². The molecule has 0 spiro atoms. The van der Waals surface area contributed by atoms with Gasteiger partial charge in [-0.1, -0.05) is 12.2 Å². The predicted molar refractivity (Wildman–Crippen MR) is 77.4 cm³/mol. The van der Waals surface area contributed by atoms with E-state index in [0.717, 1.165) is 19.3 Å². The van der Waals surface area contributed by atoms with Gasteiger partial charge in [0.2, 0.25) is 5.91 Å². The van der Waals surface area contributed by atoms with Crippen molar-refractivity contribution < 1.29 is 14.3 Å². The van der Waals surface area contributed by atoms with Crippen LogP contribution in [0.25, 0.3) is 0 Å². The van der Waals surface area contributed by atoms with Gasteiger partial charge in [-0.2, -0.15) is 0 Å². The van der Waals surface area contributed by atoms with Crippen molar-refractivity contribution in [2.24, 2.45) is 11.8 Å². The van der Waals surface area contributed by atoms with Gasteiger partial charge in [0.05, 0.1) is 5.92 Å². The summed E-state index contributed by atoms with van der Waals surface area (Å²) in [5.74, 6) is -0.116. The average Bonchev–Trinajstić information content (AvgIpc) is 2.52. The highest BCUT2D eigenvalue weighted by molar-refractivity contribution is 6.18. The predicted octanol–water partition coefficient (Wildman–Crippen LogP) is 2.41. The number of alkyl halides is 1. The first kappa shape index (κ1) is 15.4. The monoisotopic (exact) mass is 299 g/mol. The van der Waals surface area contributed by atoms with Crippen LogP contribution in [-0.4, -0.2) is 29.9 Å². The Morgan fingerprint density at radius 1 is 1.50 bits per heavy atom. The van der Waals surface area contributed by atoms with Crippen molar-refractivity contribution in [2.75, 3.05) is 12.4 Å². The second-order valence-corrected chi connectivity index (χ2v) is 6.24. The molecule has 112 valence electrons. The van der Waals surface area contributed by atoms with Crippen molar-refractivity contribution >= 4 is 23.5 Å². The Morgan fingerprint density at radius 3 is 2.95 bits per heavy atom. The Hall–Kier alpha value is -1.03. The van der Waals surface area contributed by atoms with Crippen LogP contribution in [0.3, 0.4) is 0 Å². The summed E-state index contributed by atoms with van der Waals surface area (Å²) >= 11 is 5.83. The summed E-state index contributed by atoms with van der Waals surface area (Å²) in [6, 6.07) is 0. The maximum Gasteiger partial charge on any atom is 0.325 e. The lowest BCUT2D eigenvalue weighted by molar-refractivity contribution is -0.162. The number of esters is 1. The molecule has 4 nitrogen and oxygen atoms in total. The van der Waals surface area contributed by atoms with Gasteiger partial charge in [-0.05, 0) is 44.9 Å². The highest BCUT2D eigenvalue weighted by Crippen LogP contribution is 2.36. The van der Waals surface area contributed by atoms with E-state index in [1.165, 1.54) is 0 Å². The van der Waals surface area contributed by atoms with Crippen LogP contribution in [0.5, 0.6) is 0 Å². The smallest absolute Gasteiger partial charge is 0.325 e. The molecule has 0 aromatic carbocycles. The Morgan fingerprint density at radius 2 is 2.30 bits per heavy atom. The zero-order chi connectivity index (χ0) is 14.6. The second kappa shape index (κ2) is 6.61. The molecule has 0 aromatic heterocycles. The quantitative estimate of drug-likeness (QED) is 0.493. The molecule has 1 heterocycles. The van der Waals surface area contributed by atoms with Crippen LogP contribution in [-0.2, 0) is 14.3 Å². The molecule has 5 heteroatoms. The molecule has 1 aliphatic heterocycles. The van der Waals surface area contributed by atoms with Gasteiger partial charge in [0.1, 0.15) is 12.1 Å². The molecule has 2 aliphatic rings. The third-order valence-corrected chi connectivity index (χ3v) is 4.45. The first-order chi connectivity index (χ1) is 9.55. The van der Waals surface area contributed by atoms with Crippen LogP contribution in [0.1, 0.15) is 39.0 Å². The largest absolute Gasteiger partial charge is 0.457 e. The summed E-state index contributed by atoms with van der Waals surface area (Å²) in [5.41, 5.74) is -0.765. The fraction of sp³-hybridized carbons (Fsp3) is 0.733. The van der Waals surface area contributed by atoms with Gasteiger partial charge < -0.3 is 10.1 Å². The van der Waals surface area contributed by atoms with Crippen molar-refractivity contribution in [1.29, 1.82) is 0 Å². The van der Waals surface area contributed by atoms with Crippen LogP contribution in [0.2, 0.25) is 0 Å². The average molecular weight is 300 g/mol. The third kappa shape index (κ3) is 3.54. The first-order valence-electron chi connectivity index (χ1n) is 7.27. The molecule has 1 N–H and O–H groups in total. The van der Waals surface area contributed by atoms with Crippen molar-refractivity contribution in [3.63, 3.8) is 0 Å². The number of hydrogen-bond donors (Lipinski definition) is 1. The van der Waals surface area contributed by atoms with Crippen molar-refractivity contribution in [2.45, 2.75) is 44.6 Å². The number of allylic oxidation sites excluding steroid dienone is 2. The van der Waals surface area contributed by atoms with E-state index in [4.69, 9.17) is 16.3 Å². The fourth-order valence-corrected chi connectivity index (χ4v) is 3.45. The van der Waals surface area contributed by atoms with Gasteiger partial charge in [0, 0.05) is 5.88 Å². The minimum atomic E-state index is -0.765. The van der Waals surface area contributed by atoms with E-state index in [0.29, 0.717) is 24.6 Å². The molecular weight excluding hydrogens is 278 g/mol. The van der Waals surface area contributed by atoms with E-state index in [2.05, 4.69) is 17.5 Å². The molecule has 20 heavy (non-hydrogen) atoms. The number of hydrogen-bond acceptors (Lipinski definition) is 3. The number of rotatable bonds is 4. The first-order valence-corrected chi connectivity index (χ1v) is 7.81. The van der Waals surface area contributed by atoms with Gasteiger partial charge in [-0.25, -0.2) is 0 Å². The molecule has 2 rings (SSSR count). The number of carbonyl (C=O) groups excluding carboxylic acids is 2. The minimum absolute atomic E-state index is 0.0479. The zero-order valence-electron chi connectivity index (χ0n) is 11.9. The Labute approximate surface area is 124 Å². The van der Waals surface area contributed by atoms with E-state index in [-0.39, 0.29) is 24.3 Å².